The molecule has 16 heavy (non-hydrogen) atoms. The molecule has 1 spiro atoms. The minimum Gasteiger partial charge on any atom is -0.436 e. The van der Waals surface area contributed by atoms with Crippen LogP contribution < -0.4 is 10.6 Å². The van der Waals surface area contributed by atoms with E-state index in [2.05, 4.69) is 10.6 Å². The first-order valence-electron chi connectivity index (χ1n) is 5.21. The number of carbonyl (C=O) groups is 1. The number of benzene rings is 1. The summed E-state index contributed by atoms with van der Waals surface area (Å²) in [5.41, 5.74) is 1.06. The Morgan fingerprint density at radius 1 is 1.44 bits per heavy atom. The van der Waals surface area contributed by atoms with Gasteiger partial charge in [0.25, 0.3) is 0 Å². The van der Waals surface area contributed by atoms with Gasteiger partial charge < -0.3 is 10.1 Å². The van der Waals surface area contributed by atoms with Gasteiger partial charge in [0.15, 0.2) is 5.60 Å². The van der Waals surface area contributed by atoms with Gasteiger partial charge in [-0.2, -0.15) is 0 Å². The maximum Gasteiger partial charge on any atom is 0.412 e. The van der Waals surface area contributed by atoms with E-state index in [1.807, 2.05) is 18.2 Å². The van der Waals surface area contributed by atoms with Crippen LogP contribution in [0.3, 0.4) is 0 Å². The number of halogens is 1. The van der Waals surface area contributed by atoms with Gasteiger partial charge in [-0.3, -0.25) is 5.32 Å². The third-order valence-corrected chi connectivity index (χ3v) is 3.43. The highest BCUT2D eigenvalue weighted by molar-refractivity contribution is 6.32. The van der Waals surface area contributed by atoms with E-state index >= 15 is 0 Å². The highest BCUT2D eigenvalue weighted by Crippen LogP contribution is 2.43. The van der Waals surface area contributed by atoms with Crippen LogP contribution in [0.25, 0.3) is 0 Å². The van der Waals surface area contributed by atoms with Crippen molar-refractivity contribution in [1.82, 2.24) is 5.32 Å². The largest absolute Gasteiger partial charge is 0.436 e. The number of fused-ring (bicyclic) bond motifs is 2. The average Bonchev–Trinajstić information content (AvgIpc) is 2.66. The molecule has 1 amide bonds. The lowest BCUT2D eigenvalue weighted by Crippen LogP contribution is -2.41. The molecule has 0 aliphatic carbocycles. The molecule has 1 unspecified atom stereocenters. The fourth-order valence-electron chi connectivity index (χ4n) is 2.42. The average molecular weight is 239 g/mol. The van der Waals surface area contributed by atoms with Crippen molar-refractivity contribution in [3.63, 3.8) is 0 Å². The predicted octanol–water partition coefficient (Wildman–Crippen LogP) is 2.09. The zero-order valence-corrected chi connectivity index (χ0v) is 9.30. The zero-order valence-electron chi connectivity index (χ0n) is 8.55. The number of amides is 1. The smallest absolute Gasteiger partial charge is 0.412 e. The Bertz CT molecular complexity index is 455. The summed E-state index contributed by atoms with van der Waals surface area (Å²) in [6, 6.07) is 5.49. The monoisotopic (exact) mass is 238 g/mol. The lowest BCUT2D eigenvalue weighted by Gasteiger charge is -2.35. The SMILES string of the molecule is O=C1Nc2cccc(Cl)c2C2(CCNC2)O1. The van der Waals surface area contributed by atoms with E-state index in [9.17, 15) is 4.79 Å². The molecule has 2 N–H and O–H groups in total. The summed E-state index contributed by atoms with van der Waals surface area (Å²) in [4.78, 5) is 11.5. The Morgan fingerprint density at radius 3 is 3.06 bits per heavy atom. The number of nitrogens with one attached hydrogen (secondary N) is 2. The molecule has 1 saturated heterocycles. The molecule has 2 heterocycles. The first-order chi connectivity index (χ1) is 7.71. The standard InChI is InChI=1S/C11H11ClN2O2/c12-7-2-1-3-8-9(7)11(4-5-13-6-11)16-10(15)14-8/h1-3,13H,4-6H2,(H,14,15). The molecule has 84 valence electrons. The Hall–Kier alpha value is -1.26. The van der Waals surface area contributed by atoms with E-state index in [1.165, 1.54) is 0 Å². The quantitative estimate of drug-likeness (QED) is 0.728. The van der Waals surface area contributed by atoms with Gasteiger partial charge in [-0.05, 0) is 18.7 Å². The van der Waals surface area contributed by atoms with Gasteiger partial charge in [-0.25, -0.2) is 4.79 Å². The van der Waals surface area contributed by atoms with Gasteiger partial charge in [0, 0.05) is 23.6 Å². The minimum absolute atomic E-state index is 0.404. The summed E-state index contributed by atoms with van der Waals surface area (Å²) in [5.74, 6) is 0. The van der Waals surface area contributed by atoms with Gasteiger partial charge in [-0.1, -0.05) is 17.7 Å². The molecule has 2 aliphatic heterocycles. The first kappa shape index (κ1) is 9.93. The third kappa shape index (κ3) is 1.30. The van der Waals surface area contributed by atoms with E-state index in [-0.39, 0.29) is 0 Å². The van der Waals surface area contributed by atoms with Crippen LogP contribution in [-0.2, 0) is 10.3 Å². The van der Waals surface area contributed by atoms with Crippen molar-refractivity contribution in [3.05, 3.63) is 28.8 Å². The fourth-order valence-corrected chi connectivity index (χ4v) is 2.77. The molecular weight excluding hydrogens is 228 g/mol. The molecule has 0 aromatic heterocycles. The normalized spacial score (nSPS) is 27.4. The molecule has 3 rings (SSSR count). The van der Waals surface area contributed by atoms with Crippen LogP contribution in [0.15, 0.2) is 18.2 Å². The molecule has 1 aromatic rings. The number of ether oxygens (including phenoxy) is 1. The molecule has 0 bridgehead atoms. The van der Waals surface area contributed by atoms with Gasteiger partial charge in [0.1, 0.15) is 0 Å². The molecule has 2 aliphatic rings. The Kier molecular flexibility index (Phi) is 2.09. The lowest BCUT2D eigenvalue weighted by molar-refractivity contribution is 0.0279. The van der Waals surface area contributed by atoms with Gasteiger partial charge >= 0.3 is 6.09 Å². The van der Waals surface area contributed by atoms with Gasteiger partial charge in [0.05, 0.1) is 5.69 Å². The van der Waals surface area contributed by atoms with E-state index < -0.39 is 11.7 Å². The summed E-state index contributed by atoms with van der Waals surface area (Å²) in [7, 11) is 0. The second-order valence-corrected chi connectivity index (χ2v) is 4.51. The summed E-state index contributed by atoms with van der Waals surface area (Å²) in [5, 5.41) is 6.53. The second kappa shape index (κ2) is 3.37. The van der Waals surface area contributed by atoms with Crippen LogP contribution in [0.4, 0.5) is 10.5 Å². The Morgan fingerprint density at radius 2 is 2.31 bits per heavy atom. The number of hydrogen-bond acceptors (Lipinski definition) is 3. The van der Waals surface area contributed by atoms with Crippen molar-refractivity contribution in [2.75, 3.05) is 18.4 Å². The van der Waals surface area contributed by atoms with Crippen LogP contribution in [0.5, 0.6) is 0 Å². The topological polar surface area (TPSA) is 50.4 Å². The molecule has 5 heteroatoms. The summed E-state index contributed by atoms with van der Waals surface area (Å²) in [6.07, 6.45) is 0.357. The molecule has 0 radical (unpaired) electrons. The maximum atomic E-state index is 11.5. The molecule has 1 aromatic carbocycles. The van der Waals surface area contributed by atoms with Crippen molar-refractivity contribution >= 4 is 23.4 Å². The lowest BCUT2D eigenvalue weighted by atomic mass is 9.90. The summed E-state index contributed by atoms with van der Waals surface area (Å²) in [6.45, 7) is 1.45. The predicted molar refractivity (Wildman–Crippen MR) is 60.7 cm³/mol. The van der Waals surface area contributed by atoms with E-state index in [4.69, 9.17) is 16.3 Å². The van der Waals surface area contributed by atoms with E-state index in [1.54, 1.807) is 0 Å². The van der Waals surface area contributed by atoms with Crippen LogP contribution in [0.2, 0.25) is 5.02 Å². The zero-order chi connectivity index (χ0) is 11.2. The highest BCUT2D eigenvalue weighted by atomic mass is 35.5. The van der Waals surface area contributed by atoms with Gasteiger partial charge in [-0.15, -0.1) is 0 Å². The Balaban J connectivity index is 2.20. The van der Waals surface area contributed by atoms with Crippen molar-refractivity contribution < 1.29 is 9.53 Å². The molecule has 4 nitrogen and oxygen atoms in total. The first-order valence-corrected chi connectivity index (χ1v) is 5.59. The fraction of sp³-hybridized carbons (Fsp3) is 0.364. The Labute approximate surface area is 97.9 Å². The van der Waals surface area contributed by atoms with Crippen molar-refractivity contribution in [2.45, 2.75) is 12.0 Å². The van der Waals surface area contributed by atoms with E-state index in [0.29, 0.717) is 11.6 Å². The third-order valence-electron chi connectivity index (χ3n) is 3.11. The number of anilines is 1. The highest BCUT2D eigenvalue weighted by Gasteiger charge is 2.45. The van der Waals surface area contributed by atoms with Crippen LogP contribution in [-0.4, -0.2) is 19.2 Å². The molecule has 0 saturated carbocycles. The molecule has 1 atom stereocenters. The van der Waals surface area contributed by atoms with Gasteiger partial charge in [0.2, 0.25) is 0 Å². The van der Waals surface area contributed by atoms with Crippen molar-refractivity contribution in [2.24, 2.45) is 0 Å². The van der Waals surface area contributed by atoms with Crippen molar-refractivity contribution in [3.8, 4) is 0 Å². The summed E-state index contributed by atoms with van der Waals surface area (Å²) < 4.78 is 5.45. The van der Waals surface area contributed by atoms with Crippen molar-refractivity contribution in [1.29, 1.82) is 0 Å². The number of rotatable bonds is 0. The van der Waals surface area contributed by atoms with E-state index in [0.717, 1.165) is 24.2 Å². The molecule has 1 fully saturated rings. The van der Waals surface area contributed by atoms with Crippen LogP contribution in [0.1, 0.15) is 12.0 Å². The second-order valence-electron chi connectivity index (χ2n) is 4.10. The van der Waals surface area contributed by atoms with Crippen LogP contribution in [0, 0.1) is 0 Å². The maximum absolute atomic E-state index is 11.5. The van der Waals surface area contributed by atoms with Crippen LogP contribution >= 0.6 is 11.6 Å². The number of carbonyl (C=O) groups excluding carboxylic acids is 1. The molecular formula is C11H11ClN2O2. The number of hydrogen-bond donors (Lipinski definition) is 2. The minimum atomic E-state index is -0.587. The summed E-state index contributed by atoms with van der Waals surface area (Å²) >= 11 is 6.20.